The molecule has 21 heavy (non-hydrogen) atoms. The molecule has 0 aliphatic carbocycles. The van der Waals surface area contributed by atoms with E-state index < -0.39 is 17.5 Å². The Morgan fingerprint density at radius 2 is 1.86 bits per heavy atom. The number of aromatic nitrogens is 1. The number of hydrogen-bond acceptors (Lipinski definition) is 4. The van der Waals surface area contributed by atoms with E-state index in [1.807, 2.05) is 12.1 Å². The Bertz CT molecular complexity index is 699. The molecule has 1 aromatic heterocycles. The van der Waals surface area contributed by atoms with Crippen LogP contribution in [0.5, 0.6) is 0 Å². The number of aliphatic hydroxyl groups excluding tert-OH is 1. The second kappa shape index (κ2) is 5.96. The van der Waals surface area contributed by atoms with Gasteiger partial charge in [-0.2, -0.15) is 0 Å². The van der Waals surface area contributed by atoms with Gasteiger partial charge in [-0.1, -0.05) is 12.1 Å². The summed E-state index contributed by atoms with van der Waals surface area (Å²) in [5.41, 5.74) is 8.39. The third-order valence-electron chi connectivity index (χ3n) is 2.89. The number of allylic oxidation sites excluding steroid dienone is 1. The first-order chi connectivity index (χ1) is 9.95. The number of aliphatic hydroxyl groups is 1. The van der Waals surface area contributed by atoms with Gasteiger partial charge in [0.15, 0.2) is 5.78 Å². The Kier molecular flexibility index (Phi) is 4.08. The van der Waals surface area contributed by atoms with Crippen LogP contribution in [0.2, 0.25) is 0 Å². The van der Waals surface area contributed by atoms with Gasteiger partial charge in [-0.15, -0.1) is 0 Å². The Morgan fingerprint density at radius 3 is 2.48 bits per heavy atom. The number of carbonyl (C=O) groups excluding carboxylic acids is 1. The molecule has 0 spiro atoms. The quantitative estimate of drug-likeness (QED) is 0.290. The second-order valence-corrected chi connectivity index (χ2v) is 4.53. The second-order valence-electron chi connectivity index (χ2n) is 4.53. The SMILES string of the molecule is Nc1ccc(Cc2cc(C(=O)C=C(O)C(=O)O)c[nH]2)cc1. The minimum Gasteiger partial charge on any atom is -0.502 e. The van der Waals surface area contributed by atoms with Gasteiger partial charge in [0.2, 0.25) is 5.76 Å². The summed E-state index contributed by atoms with van der Waals surface area (Å²) in [6.45, 7) is 0. The number of carboxylic acids is 1. The number of nitrogen functional groups attached to an aromatic ring is 1. The summed E-state index contributed by atoms with van der Waals surface area (Å²) in [6, 6.07) is 8.96. The van der Waals surface area contributed by atoms with Crippen molar-refractivity contribution in [3.8, 4) is 0 Å². The van der Waals surface area contributed by atoms with Crippen LogP contribution in [0.3, 0.4) is 0 Å². The molecule has 0 saturated heterocycles. The molecule has 6 nitrogen and oxygen atoms in total. The highest BCUT2D eigenvalue weighted by Crippen LogP contribution is 2.13. The monoisotopic (exact) mass is 286 g/mol. The molecular weight excluding hydrogens is 272 g/mol. The number of ketones is 1. The number of aliphatic carboxylic acids is 1. The van der Waals surface area contributed by atoms with Gasteiger partial charge in [0.05, 0.1) is 0 Å². The highest BCUT2D eigenvalue weighted by atomic mass is 16.4. The molecule has 5 N–H and O–H groups in total. The van der Waals surface area contributed by atoms with Gasteiger partial charge < -0.3 is 20.9 Å². The number of nitrogens with two attached hydrogens (primary N) is 1. The van der Waals surface area contributed by atoms with E-state index in [9.17, 15) is 9.59 Å². The maximum Gasteiger partial charge on any atom is 0.371 e. The van der Waals surface area contributed by atoms with Crippen molar-refractivity contribution in [1.29, 1.82) is 0 Å². The molecule has 2 aromatic rings. The molecule has 1 heterocycles. The van der Waals surface area contributed by atoms with Crippen molar-refractivity contribution in [3.05, 3.63) is 65.2 Å². The fourth-order valence-corrected chi connectivity index (χ4v) is 1.81. The zero-order chi connectivity index (χ0) is 15.4. The van der Waals surface area contributed by atoms with Gasteiger partial charge in [-0.3, -0.25) is 4.79 Å². The van der Waals surface area contributed by atoms with Crippen LogP contribution in [0.15, 0.2) is 48.4 Å². The van der Waals surface area contributed by atoms with Crippen molar-refractivity contribution in [2.75, 3.05) is 5.73 Å². The van der Waals surface area contributed by atoms with Crippen molar-refractivity contribution in [2.45, 2.75) is 6.42 Å². The smallest absolute Gasteiger partial charge is 0.371 e. The summed E-state index contributed by atoms with van der Waals surface area (Å²) < 4.78 is 0. The number of benzene rings is 1. The lowest BCUT2D eigenvalue weighted by Crippen LogP contribution is -2.03. The van der Waals surface area contributed by atoms with Crippen LogP contribution in [0.1, 0.15) is 21.6 Å². The van der Waals surface area contributed by atoms with Crippen LogP contribution in [0, 0.1) is 0 Å². The minimum atomic E-state index is -1.54. The van der Waals surface area contributed by atoms with Gasteiger partial charge >= 0.3 is 5.97 Å². The Morgan fingerprint density at radius 1 is 1.19 bits per heavy atom. The number of hydrogen-bond donors (Lipinski definition) is 4. The van der Waals surface area contributed by atoms with Gasteiger partial charge in [0.25, 0.3) is 0 Å². The van der Waals surface area contributed by atoms with Crippen LogP contribution in [0.25, 0.3) is 0 Å². The fourth-order valence-electron chi connectivity index (χ4n) is 1.81. The number of aromatic amines is 1. The zero-order valence-electron chi connectivity index (χ0n) is 11.0. The number of H-pyrrole nitrogens is 1. The highest BCUT2D eigenvalue weighted by Gasteiger charge is 2.11. The summed E-state index contributed by atoms with van der Waals surface area (Å²) >= 11 is 0. The molecule has 0 amide bonds. The van der Waals surface area contributed by atoms with Gasteiger partial charge in [0, 0.05) is 35.6 Å². The average Bonchev–Trinajstić information content (AvgIpc) is 2.90. The number of nitrogens with one attached hydrogen (secondary N) is 1. The molecule has 0 fully saturated rings. The highest BCUT2D eigenvalue weighted by molar-refractivity contribution is 6.07. The average molecular weight is 286 g/mol. The van der Waals surface area contributed by atoms with Crippen molar-refractivity contribution in [1.82, 2.24) is 4.98 Å². The van der Waals surface area contributed by atoms with Crippen molar-refractivity contribution in [3.63, 3.8) is 0 Å². The van der Waals surface area contributed by atoms with Crippen LogP contribution in [0.4, 0.5) is 5.69 Å². The first-order valence-electron chi connectivity index (χ1n) is 6.15. The topological polar surface area (TPSA) is 116 Å². The Labute approximate surface area is 120 Å². The normalized spacial score (nSPS) is 11.3. The molecule has 108 valence electrons. The predicted molar refractivity (Wildman–Crippen MR) is 77.1 cm³/mol. The summed E-state index contributed by atoms with van der Waals surface area (Å²) in [4.78, 5) is 25.1. The summed E-state index contributed by atoms with van der Waals surface area (Å²) in [6.07, 6.45) is 2.74. The van der Waals surface area contributed by atoms with Crippen LogP contribution >= 0.6 is 0 Å². The Hall–Kier alpha value is -3.02. The first-order valence-corrected chi connectivity index (χ1v) is 6.15. The molecule has 0 atom stereocenters. The maximum absolute atomic E-state index is 11.7. The van der Waals surface area contributed by atoms with Crippen molar-refractivity contribution >= 4 is 17.4 Å². The third-order valence-corrected chi connectivity index (χ3v) is 2.89. The zero-order valence-corrected chi connectivity index (χ0v) is 11.0. The third kappa shape index (κ3) is 3.73. The summed E-state index contributed by atoms with van der Waals surface area (Å²) in [5, 5.41) is 17.6. The van der Waals surface area contributed by atoms with Crippen molar-refractivity contribution in [2.24, 2.45) is 0 Å². The number of carboxylic acid groups (broad SMARTS) is 1. The Balaban J connectivity index is 2.11. The van der Waals surface area contributed by atoms with E-state index in [-0.39, 0.29) is 5.56 Å². The molecule has 6 heteroatoms. The number of rotatable bonds is 5. The predicted octanol–water partition coefficient (Wildman–Crippen LogP) is 1.90. The minimum absolute atomic E-state index is 0.285. The fraction of sp³-hybridized carbons (Fsp3) is 0.0667. The summed E-state index contributed by atoms with van der Waals surface area (Å²) in [7, 11) is 0. The number of anilines is 1. The lowest BCUT2D eigenvalue weighted by Gasteiger charge is -1.99. The van der Waals surface area contributed by atoms with E-state index in [1.165, 1.54) is 6.20 Å². The maximum atomic E-state index is 11.7. The molecule has 0 bridgehead atoms. The van der Waals surface area contributed by atoms with E-state index in [0.29, 0.717) is 18.2 Å². The van der Waals surface area contributed by atoms with Crippen LogP contribution in [-0.4, -0.2) is 26.9 Å². The van der Waals surface area contributed by atoms with Gasteiger partial charge in [-0.05, 0) is 23.8 Å². The molecule has 0 unspecified atom stereocenters. The van der Waals surface area contributed by atoms with E-state index in [0.717, 1.165) is 11.3 Å². The standard InChI is InChI=1S/C15H14N2O4/c16-11-3-1-9(2-4-11)5-12-6-10(8-17-12)13(18)7-14(19)15(20)21/h1-4,6-8,17,19H,5,16H2,(H,20,21). The molecule has 0 aliphatic heterocycles. The molecular formula is C15H14N2O4. The van der Waals surface area contributed by atoms with Crippen LogP contribution in [-0.2, 0) is 11.2 Å². The van der Waals surface area contributed by atoms with Crippen molar-refractivity contribution < 1.29 is 19.8 Å². The first kappa shape index (κ1) is 14.4. The molecule has 2 rings (SSSR count). The van der Waals surface area contributed by atoms with E-state index >= 15 is 0 Å². The molecule has 0 radical (unpaired) electrons. The van der Waals surface area contributed by atoms with E-state index in [4.69, 9.17) is 15.9 Å². The molecule has 1 aromatic carbocycles. The van der Waals surface area contributed by atoms with Gasteiger partial charge in [0.1, 0.15) is 0 Å². The largest absolute Gasteiger partial charge is 0.502 e. The van der Waals surface area contributed by atoms with Gasteiger partial charge in [-0.25, -0.2) is 4.79 Å². The van der Waals surface area contributed by atoms with E-state index in [2.05, 4.69) is 4.98 Å². The van der Waals surface area contributed by atoms with Crippen LogP contribution < -0.4 is 5.73 Å². The molecule has 0 saturated carbocycles. The lowest BCUT2D eigenvalue weighted by atomic mass is 10.1. The lowest BCUT2D eigenvalue weighted by molar-refractivity contribution is -0.135. The van der Waals surface area contributed by atoms with E-state index in [1.54, 1.807) is 18.2 Å². The summed E-state index contributed by atoms with van der Waals surface area (Å²) in [5.74, 6) is -3.10. The number of carbonyl (C=O) groups is 2. The molecule has 0 aliphatic rings.